The molecule has 116 valence electrons. The molecule has 22 heavy (non-hydrogen) atoms. The molecule has 1 aromatic heterocycles. The van der Waals surface area contributed by atoms with Crippen LogP contribution in [-0.4, -0.2) is 29.5 Å². The van der Waals surface area contributed by atoms with E-state index in [1.165, 1.54) is 24.3 Å². The van der Waals surface area contributed by atoms with Crippen LogP contribution in [0.1, 0.15) is 5.56 Å². The van der Waals surface area contributed by atoms with Crippen molar-refractivity contribution < 1.29 is 18.3 Å². The molecular formula is C12H10ClN3O5S. The number of carboxylic acid groups (broad SMARTS) is 1. The number of sulfonamides is 1. The number of anilines is 1. The summed E-state index contributed by atoms with van der Waals surface area (Å²) in [7, 11) is -3.94. The lowest BCUT2D eigenvalue weighted by molar-refractivity contribution is -0.136. The van der Waals surface area contributed by atoms with E-state index < -0.39 is 28.0 Å². The molecule has 0 amide bonds. The monoisotopic (exact) mass is 343 g/mol. The first kappa shape index (κ1) is 16.0. The fraction of sp³-hybridized carbons (Fsp3) is 0.0833. The number of aromatic amines is 1. The Bertz CT molecular complexity index is 861. The minimum absolute atomic E-state index is 0.0610. The highest BCUT2D eigenvalue weighted by Gasteiger charge is 2.16. The van der Waals surface area contributed by atoms with Gasteiger partial charge >= 0.3 is 5.97 Å². The van der Waals surface area contributed by atoms with Crippen molar-refractivity contribution in [1.29, 1.82) is 0 Å². The highest BCUT2D eigenvalue weighted by Crippen LogP contribution is 2.15. The number of carboxylic acids is 1. The van der Waals surface area contributed by atoms with Crippen LogP contribution >= 0.6 is 11.6 Å². The summed E-state index contributed by atoms with van der Waals surface area (Å²) in [4.78, 5) is 28.0. The molecule has 0 saturated heterocycles. The number of hydrogen-bond donors (Lipinski definition) is 3. The largest absolute Gasteiger partial charge is 0.481 e. The van der Waals surface area contributed by atoms with Gasteiger partial charge in [-0.15, -0.1) is 0 Å². The lowest BCUT2D eigenvalue weighted by atomic mass is 10.2. The Morgan fingerprint density at radius 2 is 1.95 bits per heavy atom. The van der Waals surface area contributed by atoms with Gasteiger partial charge in [0.2, 0.25) is 5.95 Å². The number of aromatic nitrogens is 2. The van der Waals surface area contributed by atoms with Gasteiger partial charge in [-0.3, -0.25) is 14.6 Å². The molecule has 0 radical (unpaired) electrons. The molecular weight excluding hydrogens is 334 g/mol. The molecule has 10 heteroatoms. The molecule has 0 aliphatic carbocycles. The van der Waals surface area contributed by atoms with Crippen LogP contribution in [-0.2, 0) is 21.2 Å². The first-order valence-corrected chi connectivity index (χ1v) is 7.72. The lowest BCUT2D eigenvalue weighted by Crippen LogP contribution is -2.22. The van der Waals surface area contributed by atoms with E-state index in [0.29, 0.717) is 5.02 Å². The Labute approximate surface area is 129 Å². The van der Waals surface area contributed by atoms with E-state index in [0.717, 1.165) is 6.20 Å². The topological polar surface area (TPSA) is 129 Å². The zero-order valence-corrected chi connectivity index (χ0v) is 12.5. The molecule has 0 unspecified atom stereocenters. The van der Waals surface area contributed by atoms with Gasteiger partial charge in [-0.25, -0.2) is 18.1 Å². The fourth-order valence-electron chi connectivity index (χ4n) is 1.56. The lowest BCUT2D eigenvalue weighted by Gasteiger charge is -2.07. The normalized spacial score (nSPS) is 11.1. The standard InChI is InChI=1S/C12H10ClN3O5S/c13-8-1-3-9(4-2-8)22(20,21)16-12-14-6-7(5-10(17)18)11(19)15-12/h1-4,6H,5H2,(H,17,18)(H2,14,15,16,19). The second-order valence-corrected chi connectivity index (χ2v) is 6.33. The third-order valence-electron chi connectivity index (χ3n) is 2.57. The van der Waals surface area contributed by atoms with Crippen molar-refractivity contribution in [3.63, 3.8) is 0 Å². The first-order chi connectivity index (χ1) is 10.3. The summed E-state index contributed by atoms with van der Waals surface area (Å²) >= 11 is 5.68. The summed E-state index contributed by atoms with van der Waals surface area (Å²) in [6, 6.07) is 5.40. The first-order valence-electron chi connectivity index (χ1n) is 5.86. The molecule has 0 spiro atoms. The summed E-state index contributed by atoms with van der Waals surface area (Å²) in [6.07, 6.45) is 0.499. The van der Waals surface area contributed by atoms with Gasteiger partial charge < -0.3 is 5.11 Å². The maximum atomic E-state index is 12.1. The van der Waals surface area contributed by atoms with Gasteiger partial charge in [0.05, 0.1) is 11.3 Å². The smallest absolute Gasteiger partial charge is 0.308 e. The minimum atomic E-state index is -3.94. The number of nitrogens with zero attached hydrogens (tertiary/aromatic N) is 1. The molecule has 1 heterocycles. The van der Waals surface area contributed by atoms with Gasteiger partial charge in [-0.2, -0.15) is 0 Å². The van der Waals surface area contributed by atoms with Gasteiger partial charge in [0.1, 0.15) is 0 Å². The van der Waals surface area contributed by atoms with Gasteiger partial charge in [-0.1, -0.05) is 11.6 Å². The molecule has 0 atom stereocenters. The van der Waals surface area contributed by atoms with Crippen LogP contribution in [0, 0.1) is 0 Å². The van der Waals surface area contributed by atoms with Crippen LogP contribution in [0.4, 0.5) is 5.95 Å². The molecule has 3 N–H and O–H groups in total. The molecule has 0 saturated carbocycles. The number of aliphatic carboxylic acids is 1. The van der Waals surface area contributed by atoms with Crippen molar-refractivity contribution in [1.82, 2.24) is 9.97 Å². The number of nitrogens with one attached hydrogen (secondary N) is 2. The summed E-state index contributed by atoms with van der Waals surface area (Å²) in [5.41, 5.74) is -0.812. The van der Waals surface area contributed by atoms with E-state index >= 15 is 0 Å². The molecule has 8 nitrogen and oxygen atoms in total. The predicted octanol–water partition coefficient (Wildman–Crippen LogP) is 0.851. The number of carbonyl (C=O) groups is 1. The second kappa shape index (κ2) is 6.16. The summed E-state index contributed by atoms with van der Waals surface area (Å²) in [5.74, 6) is -1.50. The molecule has 0 bridgehead atoms. The van der Waals surface area contributed by atoms with E-state index in [4.69, 9.17) is 16.7 Å². The molecule has 0 aliphatic heterocycles. The van der Waals surface area contributed by atoms with Crippen molar-refractivity contribution in [3.8, 4) is 0 Å². The third-order valence-corrected chi connectivity index (χ3v) is 4.18. The van der Waals surface area contributed by atoms with E-state index in [9.17, 15) is 18.0 Å². The van der Waals surface area contributed by atoms with Crippen LogP contribution in [0.25, 0.3) is 0 Å². The average Bonchev–Trinajstić information content (AvgIpc) is 2.41. The van der Waals surface area contributed by atoms with E-state index in [1.807, 2.05) is 0 Å². The van der Waals surface area contributed by atoms with E-state index in [-0.39, 0.29) is 16.4 Å². The van der Waals surface area contributed by atoms with Crippen LogP contribution in [0.2, 0.25) is 5.02 Å². The van der Waals surface area contributed by atoms with Crippen molar-refractivity contribution >= 4 is 33.5 Å². The zero-order chi connectivity index (χ0) is 16.3. The Kier molecular flexibility index (Phi) is 4.48. The van der Waals surface area contributed by atoms with Crippen molar-refractivity contribution in [2.45, 2.75) is 11.3 Å². The maximum absolute atomic E-state index is 12.1. The number of H-pyrrole nitrogens is 1. The summed E-state index contributed by atoms with van der Waals surface area (Å²) < 4.78 is 26.2. The average molecular weight is 344 g/mol. The Morgan fingerprint density at radius 3 is 2.50 bits per heavy atom. The van der Waals surface area contributed by atoms with Crippen LogP contribution in [0.5, 0.6) is 0 Å². The zero-order valence-electron chi connectivity index (χ0n) is 10.9. The highest BCUT2D eigenvalue weighted by molar-refractivity contribution is 7.92. The number of benzene rings is 1. The van der Waals surface area contributed by atoms with E-state index in [1.54, 1.807) is 0 Å². The molecule has 0 fully saturated rings. The van der Waals surface area contributed by atoms with Gasteiger partial charge in [0.15, 0.2) is 0 Å². The Balaban J connectivity index is 2.26. The Morgan fingerprint density at radius 1 is 1.32 bits per heavy atom. The van der Waals surface area contributed by atoms with Gasteiger partial charge in [0.25, 0.3) is 15.6 Å². The van der Waals surface area contributed by atoms with Crippen LogP contribution in [0.15, 0.2) is 40.2 Å². The summed E-state index contributed by atoms with van der Waals surface area (Å²) in [6.45, 7) is 0. The van der Waals surface area contributed by atoms with Crippen molar-refractivity contribution in [2.24, 2.45) is 0 Å². The Hall–Kier alpha value is -2.39. The minimum Gasteiger partial charge on any atom is -0.481 e. The number of rotatable bonds is 5. The van der Waals surface area contributed by atoms with Gasteiger partial charge in [-0.05, 0) is 24.3 Å². The maximum Gasteiger partial charge on any atom is 0.308 e. The quantitative estimate of drug-likeness (QED) is 0.738. The van der Waals surface area contributed by atoms with E-state index in [2.05, 4.69) is 14.7 Å². The van der Waals surface area contributed by atoms with Crippen LogP contribution in [0.3, 0.4) is 0 Å². The predicted molar refractivity (Wildman–Crippen MR) is 78.5 cm³/mol. The highest BCUT2D eigenvalue weighted by atomic mass is 35.5. The molecule has 2 rings (SSSR count). The molecule has 2 aromatic rings. The molecule has 1 aromatic carbocycles. The second-order valence-electron chi connectivity index (χ2n) is 4.22. The SMILES string of the molecule is O=C(O)Cc1cnc(NS(=O)(=O)c2ccc(Cl)cc2)[nH]c1=O. The van der Waals surface area contributed by atoms with Crippen LogP contribution < -0.4 is 10.3 Å². The number of halogens is 1. The third kappa shape index (κ3) is 3.83. The number of hydrogen-bond acceptors (Lipinski definition) is 5. The van der Waals surface area contributed by atoms with Crippen molar-refractivity contribution in [3.05, 3.63) is 51.4 Å². The molecule has 0 aliphatic rings. The van der Waals surface area contributed by atoms with Gasteiger partial charge in [0, 0.05) is 16.8 Å². The summed E-state index contributed by atoms with van der Waals surface area (Å²) in [5, 5.41) is 8.99. The van der Waals surface area contributed by atoms with Crippen molar-refractivity contribution in [2.75, 3.05) is 4.72 Å². The fourth-order valence-corrected chi connectivity index (χ4v) is 2.66.